The van der Waals surface area contributed by atoms with E-state index in [2.05, 4.69) is 4.98 Å². The van der Waals surface area contributed by atoms with Crippen molar-refractivity contribution in [1.29, 1.82) is 0 Å². The minimum atomic E-state index is -0.659. The van der Waals surface area contributed by atoms with Crippen LogP contribution in [0.3, 0.4) is 0 Å². The van der Waals surface area contributed by atoms with Crippen LogP contribution in [0.2, 0.25) is 5.15 Å². The molecule has 8 heteroatoms. The third-order valence-corrected chi connectivity index (χ3v) is 4.50. The van der Waals surface area contributed by atoms with Crippen molar-refractivity contribution in [2.75, 3.05) is 13.1 Å². The summed E-state index contributed by atoms with van der Waals surface area (Å²) in [5, 5.41) is 11.4. The van der Waals surface area contributed by atoms with Gasteiger partial charge in [-0.3, -0.25) is 14.9 Å². The van der Waals surface area contributed by atoms with Gasteiger partial charge in [-0.1, -0.05) is 25.4 Å². The Morgan fingerprint density at radius 3 is 2.65 bits per heavy atom. The monoisotopic (exact) mass is 315 g/mol. The maximum atomic E-state index is 12.5. The van der Waals surface area contributed by atoms with E-state index >= 15 is 0 Å². The molecule has 0 aliphatic carbocycles. The van der Waals surface area contributed by atoms with Crippen LogP contribution in [0, 0.1) is 10.1 Å². The fourth-order valence-corrected chi connectivity index (χ4v) is 3.84. The molecule has 2 atom stereocenters. The molecule has 0 N–H and O–H groups in total. The smallest absolute Gasteiger partial charge is 0.319 e. The van der Waals surface area contributed by atoms with Crippen molar-refractivity contribution < 1.29 is 9.72 Å². The highest BCUT2D eigenvalue weighted by molar-refractivity contribution is 8.00. The van der Waals surface area contributed by atoms with E-state index in [0.29, 0.717) is 23.6 Å². The lowest BCUT2D eigenvalue weighted by Crippen LogP contribution is -2.44. The Balaban J connectivity index is 2.34. The average Bonchev–Trinajstić information content (AvgIpc) is 2.35. The summed E-state index contributed by atoms with van der Waals surface area (Å²) in [6.07, 6.45) is 1.31. The van der Waals surface area contributed by atoms with Gasteiger partial charge in [-0.25, -0.2) is 4.98 Å². The van der Waals surface area contributed by atoms with Crippen LogP contribution in [0.4, 0.5) is 5.69 Å². The van der Waals surface area contributed by atoms with Crippen LogP contribution in [0.5, 0.6) is 0 Å². The number of nitro groups is 1. The van der Waals surface area contributed by atoms with Crippen molar-refractivity contribution in [1.82, 2.24) is 9.88 Å². The first-order valence-corrected chi connectivity index (χ1v) is 7.46. The van der Waals surface area contributed by atoms with Gasteiger partial charge in [0.05, 0.1) is 4.92 Å². The van der Waals surface area contributed by atoms with Gasteiger partial charge in [0, 0.05) is 29.8 Å². The molecule has 1 aliphatic rings. The molecule has 1 aromatic heterocycles. The number of rotatable bonds is 2. The first-order valence-electron chi connectivity index (χ1n) is 6.13. The third-order valence-electron chi connectivity index (χ3n) is 3.00. The van der Waals surface area contributed by atoms with Gasteiger partial charge in [0.15, 0.2) is 0 Å². The number of carbonyl (C=O) groups excluding carboxylic acids is 1. The Labute approximate surface area is 125 Å². The van der Waals surface area contributed by atoms with E-state index in [4.69, 9.17) is 11.6 Å². The fraction of sp³-hybridized carbons (Fsp3) is 0.500. The Hall–Kier alpha value is -1.34. The number of hydrogen-bond acceptors (Lipinski definition) is 5. The zero-order chi connectivity index (χ0) is 14.9. The summed E-state index contributed by atoms with van der Waals surface area (Å²) in [6.45, 7) is 5.22. The van der Waals surface area contributed by atoms with Crippen LogP contribution in [-0.2, 0) is 0 Å². The molecule has 0 radical (unpaired) electrons. The molecule has 0 saturated carbocycles. The minimum absolute atomic E-state index is 0.00120. The molecule has 2 rings (SSSR count). The lowest BCUT2D eigenvalue weighted by Gasteiger charge is -2.34. The molecule has 1 fully saturated rings. The van der Waals surface area contributed by atoms with Crippen LogP contribution < -0.4 is 0 Å². The van der Waals surface area contributed by atoms with Crippen LogP contribution >= 0.6 is 23.4 Å². The Morgan fingerprint density at radius 1 is 1.50 bits per heavy atom. The average molecular weight is 316 g/mol. The standard InChI is InChI=1S/C12H14ClN3O3S/c1-7-5-15(6-8(2)20-7)12(17)9-3-4-14-11(13)10(9)16(18)19/h3-4,7-8H,5-6H2,1-2H3. The lowest BCUT2D eigenvalue weighted by molar-refractivity contribution is -0.385. The fourth-order valence-electron chi connectivity index (χ4n) is 2.29. The summed E-state index contributed by atoms with van der Waals surface area (Å²) in [4.78, 5) is 28.2. The predicted octanol–water partition coefficient (Wildman–Crippen LogP) is 2.61. The van der Waals surface area contributed by atoms with Crippen molar-refractivity contribution >= 4 is 35.0 Å². The van der Waals surface area contributed by atoms with Gasteiger partial charge < -0.3 is 4.90 Å². The van der Waals surface area contributed by atoms with E-state index in [1.807, 2.05) is 13.8 Å². The summed E-state index contributed by atoms with van der Waals surface area (Å²) >= 11 is 7.54. The lowest BCUT2D eigenvalue weighted by atomic mass is 10.2. The second kappa shape index (κ2) is 5.97. The Kier molecular flexibility index (Phi) is 4.49. The summed E-state index contributed by atoms with van der Waals surface area (Å²) < 4.78 is 0. The molecule has 1 aliphatic heterocycles. The number of nitrogens with zero attached hydrogens (tertiary/aromatic N) is 3. The van der Waals surface area contributed by atoms with E-state index in [1.54, 1.807) is 16.7 Å². The van der Waals surface area contributed by atoms with Crippen molar-refractivity contribution in [3.8, 4) is 0 Å². The second-order valence-electron chi connectivity index (χ2n) is 4.72. The second-order valence-corrected chi connectivity index (χ2v) is 6.96. The molecule has 0 spiro atoms. The highest BCUT2D eigenvalue weighted by Crippen LogP contribution is 2.30. The number of halogens is 1. The maximum Gasteiger partial charge on any atom is 0.319 e. The van der Waals surface area contributed by atoms with Crippen molar-refractivity contribution in [3.05, 3.63) is 33.1 Å². The summed E-state index contributed by atoms with van der Waals surface area (Å²) in [6, 6.07) is 1.35. The number of carbonyl (C=O) groups is 1. The first kappa shape index (κ1) is 15.1. The molecule has 2 heterocycles. The third kappa shape index (κ3) is 3.04. The summed E-state index contributed by atoms with van der Waals surface area (Å²) in [7, 11) is 0. The van der Waals surface area contributed by atoms with E-state index in [1.165, 1.54) is 12.3 Å². The number of aromatic nitrogens is 1. The Morgan fingerprint density at radius 2 is 2.10 bits per heavy atom. The van der Waals surface area contributed by atoms with Gasteiger partial charge in [-0.05, 0) is 6.07 Å². The topological polar surface area (TPSA) is 76.3 Å². The highest BCUT2D eigenvalue weighted by atomic mass is 35.5. The molecule has 1 amide bonds. The summed E-state index contributed by atoms with van der Waals surface area (Å²) in [5.74, 6) is -0.361. The van der Waals surface area contributed by atoms with Crippen LogP contribution in [0.25, 0.3) is 0 Å². The van der Waals surface area contributed by atoms with E-state index in [9.17, 15) is 14.9 Å². The van der Waals surface area contributed by atoms with E-state index < -0.39 is 10.6 Å². The zero-order valence-corrected chi connectivity index (χ0v) is 12.6. The van der Waals surface area contributed by atoms with Crippen molar-refractivity contribution in [2.45, 2.75) is 24.3 Å². The molecule has 0 bridgehead atoms. The first-order chi connectivity index (χ1) is 9.40. The molecule has 2 unspecified atom stereocenters. The van der Waals surface area contributed by atoms with Crippen molar-refractivity contribution in [3.63, 3.8) is 0 Å². The number of thioether (sulfide) groups is 1. The minimum Gasteiger partial charge on any atom is -0.336 e. The zero-order valence-electron chi connectivity index (χ0n) is 11.1. The van der Waals surface area contributed by atoms with Gasteiger partial charge in [-0.15, -0.1) is 0 Å². The molecule has 6 nitrogen and oxygen atoms in total. The Bertz CT molecular complexity index is 545. The number of amides is 1. The van der Waals surface area contributed by atoms with Crippen molar-refractivity contribution in [2.24, 2.45) is 0 Å². The molecule has 0 aromatic carbocycles. The molecule has 1 aromatic rings. The molecule has 1 saturated heterocycles. The number of pyridine rings is 1. The van der Waals surface area contributed by atoms with Crippen LogP contribution in [-0.4, -0.2) is 44.3 Å². The quantitative estimate of drug-likeness (QED) is 0.476. The van der Waals surface area contributed by atoms with Gasteiger partial charge in [0.25, 0.3) is 5.91 Å². The van der Waals surface area contributed by atoms with E-state index in [0.717, 1.165) is 0 Å². The molecular weight excluding hydrogens is 302 g/mol. The SMILES string of the molecule is CC1CN(C(=O)c2ccnc(Cl)c2[N+](=O)[O-])CC(C)S1. The van der Waals surface area contributed by atoms with Gasteiger partial charge >= 0.3 is 5.69 Å². The number of hydrogen-bond donors (Lipinski definition) is 0. The predicted molar refractivity (Wildman–Crippen MR) is 78.3 cm³/mol. The highest BCUT2D eigenvalue weighted by Gasteiger charge is 2.32. The van der Waals surface area contributed by atoms with Gasteiger partial charge in [-0.2, -0.15) is 11.8 Å². The molecule has 20 heavy (non-hydrogen) atoms. The van der Waals surface area contributed by atoms with E-state index in [-0.39, 0.29) is 16.6 Å². The van der Waals surface area contributed by atoms with Crippen LogP contribution in [0.15, 0.2) is 12.3 Å². The van der Waals surface area contributed by atoms with Gasteiger partial charge in [0.1, 0.15) is 5.56 Å². The molecular formula is C12H14ClN3O3S. The van der Waals surface area contributed by atoms with Gasteiger partial charge in [0.2, 0.25) is 5.15 Å². The molecule has 108 valence electrons. The maximum absolute atomic E-state index is 12.5. The summed E-state index contributed by atoms with van der Waals surface area (Å²) in [5.41, 5.74) is -0.418. The largest absolute Gasteiger partial charge is 0.336 e. The normalized spacial score (nSPS) is 22.6. The van der Waals surface area contributed by atoms with Crippen LogP contribution in [0.1, 0.15) is 24.2 Å².